The number of nitrogens with zero attached hydrogens (tertiary/aromatic N) is 4. The zero-order chi connectivity index (χ0) is 22.5. The average molecular weight is 455 g/mol. The predicted octanol–water partition coefficient (Wildman–Crippen LogP) is 2.13. The van der Waals surface area contributed by atoms with E-state index in [2.05, 4.69) is 15.5 Å². The number of piperazine rings is 1. The Morgan fingerprint density at radius 2 is 1.72 bits per heavy atom. The fourth-order valence-electron chi connectivity index (χ4n) is 3.26. The third-order valence-corrected chi connectivity index (χ3v) is 5.80. The molecule has 0 bridgehead atoms. The van der Waals surface area contributed by atoms with Gasteiger partial charge in [-0.3, -0.25) is 14.4 Å². The molecule has 32 heavy (non-hydrogen) atoms. The number of hydrogen-bond acceptors (Lipinski definition) is 8. The number of nitrogens with one attached hydrogen (secondary N) is 1. The molecule has 166 valence electrons. The van der Waals surface area contributed by atoms with Gasteiger partial charge in [-0.2, -0.15) is 0 Å². The molecule has 0 atom stereocenters. The summed E-state index contributed by atoms with van der Waals surface area (Å²) in [5.74, 6) is -0.375. The van der Waals surface area contributed by atoms with Crippen LogP contribution in [-0.2, 0) is 11.3 Å². The highest BCUT2D eigenvalue weighted by molar-refractivity contribution is 7.13. The van der Waals surface area contributed by atoms with Crippen LogP contribution in [0.2, 0.25) is 0 Å². The highest BCUT2D eigenvalue weighted by Gasteiger charge is 2.26. The van der Waals surface area contributed by atoms with E-state index in [9.17, 15) is 14.4 Å². The van der Waals surface area contributed by atoms with E-state index in [0.717, 1.165) is 11.3 Å². The summed E-state index contributed by atoms with van der Waals surface area (Å²) in [4.78, 5) is 40.9. The van der Waals surface area contributed by atoms with Crippen LogP contribution >= 0.6 is 11.3 Å². The lowest BCUT2D eigenvalue weighted by atomic mass is 10.1. The molecule has 0 aliphatic carbocycles. The van der Waals surface area contributed by atoms with Crippen LogP contribution in [0.3, 0.4) is 0 Å². The Kier molecular flexibility index (Phi) is 6.57. The van der Waals surface area contributed by atoms with Crippen molar-refractivity contribution in [2.24, 2.45) is 0 Å². The first-order valence-electron chi connectivity index (χ1n) is 9.90. The quantitative estimate of drug-likeness (QED) is 0.605. The van der Waals surface area contributed by atoms with Crippen LogP contribution in [0.5, 0.6) is 0 Å². The molecule has 2 aromatic heterocycles. The van der Waals surface area contributed by atoms with Crippen molar-refractivity contribution in [1.82, 2.24) is 20.0 Å². The van der Waals surface area contributed by atoms with Crippen molar-refractivity contribution in [2.75, 3.05) is 38.6 Å². The Bertz CT molecular complexity index is 1090. The van der Waals surface area contributed by atoms with E-state index in [1.165, 1.54) is 6.26 Å². The second kappa shape index (κ2) is 9.71. The van der Waals surface area contributed by atoms with Gasteiger partial charge in [-0.05, 0) is 36.4 Å². The Morgan fingerprint density at radius 1 is 1.03 bits per heavy atom. The van der Waals surface area contributed by atoms with Gasteiger partial charge in [0, 0.05) is 44.5 Å². The number of anilines is 1. The summed E-state index contributed by atoms with van der Waals surface area (Å²) in [7, 11) is 1.55. The van der Waals surface area contributed by atoms with Crippen molar-refractivity contribution in [3.63, 3.8) is 0 Å². The number of ether oxygens (including phenoxy) is 1. The van der Waals surface area contributed by atoms with Gasteiger partial charge in [-0.25, -0.2) is 0 Å². The van der Waals surface area contributed by atoms with Crippen molar-refractivity contribution < 1.29 is 23.5 Å². The largest absolute Gasteiger partial charge is 0.459 e. The molecular weight excluding hydrogens is 434 g/mol. The lowest BCUT2D eigenvalue weighted by molar-refractivity contribution is 0.0518. The molecule has 1 fully saturated rings. The Morgan fingerprint density at radius 3 is 2.34 bits per heavy atom. The third-order valence-electron chi connectivity index (χ3n) is 4.90. The van der Waals surface area contributed by atoms with Crippen LogP contribution in [0.1, 0.15) is 35.7 Å². The second-order valence-electron chi connectivity index (χ2n) is 7.03. The lowest BCUT2D eigenvalue weighted by Gasteiger charge is -2.34. The van der Waals surface area contributed by atoms with Gasteiger partial charge >= 0.3 is 0 Å². The fraction of sp³-hybridized carbons (Fsp3) is 0.286. The minimum absolute atomic E-state index is 0.124. The number of aromatic nitrogens is 2. The standard InChI is InChI=1S/C21H21N5O5S/c1-30-13-17-23-24-19(32-17)18(27)22-15-6-4-14(5-7-15)20(28)25-8-10-26(11-9-25)21(29)16-3-2-12-31-16/h2-7,12H,8-11,13H2,1H3,(H,22,27). The summed E-state index contributed by atoms with van der Waals surface area (Å²) in [6, 6.07) is 9.96. The van der Waals surface area contributed by atoms with E-state index < -0.39 is 0 Å². The van der Waals surface area contributed by atoms with E-state index in [1.807, 2.05) is 0 Å². The molecule has 10 nitrogen and oxygen atoms in total. The van der Waals surface area contributed by atoms with Crippen molar-refractivity contribution in [3.05, 3.63) is 64.0 Å². The minimum Gasteiger partial charge on any atom is -0.459 e. The summed E-state index contributed by atoms with van der Waals surface area (Å²) >= 11 is 1.16. The Hall–Kier alpha value is -3.57. The van der Waals surface area contributed by atoms with Crippen molar-refractivity contribution in [2.45, 2.75) is 6.61 Å². The molecular formula is C21H21N5O5S. The van der Waals surface area contributed by atoms with Crippen LogP contribution in [-0.4, -0.2) is 71.0 Å². The van der Waals surface area contributed by atoms with E-state index in [-0.39, 0.29) is 22.7 Å². The van der Waals surface area contributed by atoms with Crippen LogP contribution in [0.4, 0.5) is 5.69 Å². The first-order chi connectivity index (χ1) is 15.5. The number of rotatable bonds is 6. The molecule has 0 spiro atoms. The van der Waals surface area contributed by atoms with Crippen LogP contribution in [0, 0.1) is 0 Å². The molecule has 0 saturated carbocycles. The SMILES string of the molecule is COCc1nnc(C(=O)Nc2ccc(C(=O)N3CCN(C(=O)c4ccco4)CC3)cc2)s1. The topological polar surface area (TPSA) is 118 Å². The summed E-state index contributed by atoms with van der Waals surface area (Å²) in [6.45, 7) is 2.04. The van der Waals surface area contributed by atoms with Gasteiger partial charge < -0.3 is 24.3 Å². The van der Waals surface area contributed by atoms with Crippen LogP contribution < -0.4 is 5.32 Å². The van der Waals surface area contributed by atoms with Crippen molar-refractivity contribution in [1.29, 1.82) is 0 Å². The molecule has 3 aromatic rings. The first kappa shape index (κ1) is 21.7. The molecule has 3 heterocycles. The zero-order valence-corrected chi connectivity index (χ0v) is 18.1. The maximum Gasteiger partial charge on any atom is 0.289 e. The zero-order valence-electron chi connectivity index (χ0n) is 17.3. The maximum absolute atomic E-state index is 12.8. The lowest BCUT2D eigenvalue weighted by Crippen LogP contribution is -2.50. The molecule has 3 amide bonds. The highest BCUT2D eigenvalue weighted by atomic mass is 32.1. The third kappa shape index (κ3) is 4.84. The number of hydrogen-bond donors (Lipinski definition) is 1. The Balaban J connectivity index is 1.31. The monoisotopic (exact) mass is 455 g/mol. The summed E-state index contributed by atoms with van der Waals surface area (Å²) < 4.78 is 10.1. The molecule has 1 aliphatic rings. The summed E-state index contributed by atoms with van der Waals surface area (Å²) in [5.41, 5.74) is 1.05. The molecule has 4 rings (SSSR count). The van der Waals surface area contributed by atoms with Gasteiger partial charge in [0.2, 0.25) is 5.01 Å². The van der Waals surface area contributed by atoms with E-state index in [4.69, 9.17) is 9.15 Å². The van der Waals surface area contributed by atoms with E-state index >= 15 is 0 Å². The van der Waals surface area contributed by atoms with Gasteiger partial charge in [0.25, 0.3) is 17.7 Å². The van der Waals surface area contributed by atoms with E-state index in [1.54, 1.807) is 53.3 Å². The van der Waals surface area contributed by atoms with Gasteiger partial charge in [0.1, 0.15) is 5.01 Å². The Labute approximate surface area is 187 Å². The molecule has 11 heteroatoms. The van der Waals surface area contributed by atoms with Crippen LogP contribution in [0.15, 0.2) is 47.1 Å². The molecule has 1 aromatic carbocycles. The number of amides is 3. The minimum atomic E-state index is -0.374. The average Bonchev–Trinajstić information content (AvgIpc) is 3.52. The number of benzene rings is 1. The van der Waals surface area contributed by atoms with Crippen molar-refractivity contribution >= 4 is 34.7 Å². The van der Waals surface area contributed by atoms with Crippen LogP contribution in [0.25, 0.3) is 0 Å². The number of furan rings is 1. The highest BCUT2D eigenvalue weighted by Crippen LogP contribution is 2.17. The number of carbonyl (C=O) groups excluding carboxylic acids is 3. The molecule has 1 saturated heterocycles. The van der Waals surface area contributed by atoms with Gasteiger partial charge in [-0.15, -0.1) is 10.2 Å². The normalized spacial score (nSPS) is 13.8. The number of carbonyl (C=O) groups is 3. The smallest absolute Gasteiger partial charge is 0.289 e. The van der Waals surface area contributed by atoms with Gasteiger partial charge in [0.05, 0.1) is 12.9 Å². The summed E-state index contributed by atoms with van der Waals surface area (Å²) in [5, 5.41) is 11.3. The van der Waals surface area contributed by atoms with E-state index in [0.29, 0.717) is 54.8 Å². The second-order valence-corrected chi connectivity index (χ2v) is 8.09. The maximum atomic E-state index is 12.8. The predicted molar refractivity (Wildman–Crippen MR) is 116 cm³/mol. The fourth-order valence-corrected chi connectivity index (χ4v) is 3.97. The van der Waals surface area contributed by atoms with Gasteiger partial charge in [-0.1, -0.05) is 11.3 Å². The van der Waals surface area contributed by atoms with Crippen molar-refractivity contribution in [3.8, 4) is 0 Å². The molecule has 0 unspecified atom stereocenters. The number of methoxy groups -OCH3 is 1. The van der Waals surface area contributed by atoms with Gasteiger partial charge in [0.15, 0.2) is 5.76 Å². The molecule has 0 radical (unpaired) electrons. The summed E-state index contributed by atoms with van der Waals surface area (Å²) in [6.07, 6.45) is 1.46. The first-order valence-corrected chi connectivity index (χ1v) is 10.7. The molecule has 1 N–H and O–H groups in total. The molecule has 1 aliphatic heterocycles.